The van der Waals surface area contributed by atoms with Crippen molar-refractivity contribution in [3.8, 4) is 0 Å². The van der Waals surface area contributed by atoms with E-state index < -0.39 is 0 Å². The molecule has 18 heavy (non-hydrogen) atoms. The Morgan fingerprint density at radius 2 is 2.22 bits per heavy atom. The molecular formula is C11H19N5S2. The SMILES string of the molecule is CCCC(C(N)=S)N1CCN(c2ncns2)CC1. The number of thiocarbonyl (C=S) groups is 1. The second-order valence-corrected chi connectivity index (χ2v) is 5.68. The van der Waals surface area contributed by atoms with Gasteiger partial charge in [-0.25, -0.2) is 4.98 Å². The summed E-state index contributed by atoms with van der Waals surface area (Å²) in [7, 11) is 0. The molecule has 0 aromatic carbocycles. The van der Waals surface area contributed by atoms with E-state index in [1.807, 2.05) is 0 Å². The van der Waals surface area contributed by atoms with Crippen molar-refractivity contribution in [2.45, 2.75) is 25.8 Å². The van der Waals surface area contributed by atoms with Crippen LogP contribution in [0.2, 0.25) is 0 Å². The molecule has 0 bridgehead atoms. The quantitative estimate of drug-likeness (QED) is 0.818. The molecule has 0 amide bonds. The average Bonchev–Trinajstić information content (AvgIpc) is 2.90. The lowest BCUT2D eigenvalue weighted by Gasteiger charge is -2.38. The van der Waals surface area contributed by atoms with Gasteiger partial charge >= 0.3 is 0 Å². The standard InChI is InChI=1S/C11H19N5S2/c1-2-3-9(10(12)17)15-4-6-16(7-5-15)11-13-8-14-18-11/h8-9H,2-7H2,1H3,(H2,12,17). The molecule has 5 nitrogen and oxygen atoms in total. The van der Waals surface area contributed by atoms with Gasteiger partial charge < -0.3 is 10.6 Å². The van der Waals surface area contributed by atoms with Gasteiger partial charge in [0, 0.05) is 37.7 Å². The molecule has 0 saturated carbocycles. The molecule has 1 aromatic heterocycles. The smallest absolute Gasteiger partial charge is 0.205 e. The van der Waals surface area contributed by atoms with Gasteiger partial charge in [0.1, 0.15) is 6.33 Å². The first-order valence-electron chi connectivity index (χ1n) is 6.27. The van der Waals surface area contributed by atoms with E-state index in [1.165, 1.54) is 11.5 Å². The van der Waals surface area contributed by atoms with Crippen LogP contribution in [0.3, 0.4) is 0 Å². The Kier molecular flexibility index (Phi) is 4.85. The van der Waals surface area contributed by atoms with Crippen LogP contribution in [0.5, 0.6) is 0 Å². The number of aromatic nitrogens is 2. The number of hydrogen-bond donors (Lipinski definition) is 1. The summed E-state index contributed by atoms with van der Waals surface area (Å²) < 4.78 is 4.04. The monoisotopic (exact) mass is 285 g/mol. The third-order valence-electron chi connectivity index (χ3n) is 3.27. The molecule has 0 radical (unpaired) electrons. The summed E-state index contributed by atoms with van der Waals surface area (Å²) >= 11 is 6.63. The van der Waals surface area contributed by atoms with E-state index >= 15 is 0 Å². The van der Waals surface area contributed by atoms with Gasteiger partial charge in [-0.2, -0.15) is 4.37 Å². The third-order valence-corrected chi connectivity index (χ3v) is 4.26. The van der Waals surface area contributed by atoms with Gasteiger partial charge in [-0.15, -0.1) is 0 Å². The second kappa shape index (κ2) is 6.40. The third kappa shape index (κ3) is 3.15. The fraction of sp³-hybridized carbons (Fsp3) is 0.727. The molecule has 2 N–H and O–H groups in total. The highest BCUT2D eigenvalue weighted by molar-refractivity contribution is 7.80. The molecule has 1 saturated heterocycles. The molecule has 1 fully saturated rings. The number of hydrogen-bond acceptors (Lipinski definition) is 6. The zero-order valence-electron chi connectivity index (χ0n) is 10.6. The Morgan fingerprint density at radius 3 is 2.72 bits per heavy atom. The topological polar surface area (TPSA) is 58.3 Å². The highest BCUT2D eigenvalue weighted by atomic mass is 32.1. The Hall–Kier alpha value is -0.790. The molecule has 7 heteroatoms. The molecule has 0 aliphatic carbocycles. The van der Waals surface area contributed by atoms with Crippen LogP contribution in [0, 0.1) is 0 Å². The largest absolute Gasteiger partial charge is 0.392 e. The zero-order valence-corrected chi connectivity index (χ0v) is 12.2. The maximum atomic E-state index is 5.84. The summed E-state index contributed by atoms with van der Waals surface area (Å²) in [5.74, 6) is 0. The Morgan fingerprint density at radius 1 is 1.50 bits per heavy atom. The van der Waals surface area contributed by atoms with Crippen LogP contribution in [-0.2, 0) is 0 Å². The summed E-state index contributed by atoms with van der Waals surface area (Å²) in [5.41, 5.74) is 5.84. The first-order chi connectivity index (χ1) is 8.72. The maximum Gasteiger partial charge on any atom is 0.205 e. The lowest BCUT2D eigenvalue weighted by Crippen LogP contribution is -2.53. The van der Waals surface area contributed by atoms with Crippen molar-refractivity contribution in [1.82, 2.24) is 14.3 Å². The lowest BCUT2D eigenvalue weighted by atomic mass is 10.1. The molecule has 0 spiro atoms. The predicted molar refractivity (Wildman–Crippen MR) is 79.2 cm³/mol. The maximum absolute atomic E-state index is 5.84. The predicted octanol–water partition coefficient (Wildman–Crippen LogP) is 1.11. The molecule has 2 heterocycles. The summed E-state index contributed by atoms with van der Waals surface area (Å²) in [6.45, 7) is 6.09. The number of rotatable bonds is 5. The molecule has 1 aromatic rings. The van der Waals surface area contributed by atoms with Gasteiger partial charge in [-0.3, -0.25) is 4.90 Å². The number of piperazine rings is 1. The van der Waals surface area contributed by atoms with Crippen LogP contribution in [0.15, 0.2) is 6.33 Å². The fourth-order valence-corrected chi connectivity index (χ4v) is 3.16. The molecule has 1 unspecified atom stereocenters. The highest BCUT2D eigenvalue weighted by Crippen LogP contribution is 2.18. The van der Waals surface area contributed by atoms with Gasteiger partial charge in [0.2, 0.25) is 5.13 Å². The normalized spacial score (nSPS) is 18.8. The first-order valence-corrected chi connectivity index (χ1v) is 7.45. The van der Waals surface area contributed by atoms with Gasteiger partial charge in [0.15, 0.2) is 0 Å². The summed E-state index contributed by atoms with van der Waals surface area (Å²) in [4.78, 5) is 9.54. The number of nitrogens with two attached hydrogens (primary N) is 1. The van der Waals surface area contributed by atoms with Gasteiger partial charge in [-0.05, 0) is 6.42 Å². The van der Waals surface area contributed by atoms with Crippen molar-refractivity contribution in [1.29, 1.82) is 0 Å². The van der Waals surface area contributed by atoms with Crippen LogP contribution in [0.1, 0.15) is 19.8 Å². The van der Waals surface area contributed by atoms with E-state index in [4.69, 9.17) is 18.0 Å². The molecule has 1 aliphatic rings. The number of nitrogens with zero attached hydrogens (tertiary/aromatic N) is 4. The van der Waals surface area contributed by atoms with Crippen LogP contribution in [-0.4, -0.2) is 51.5 Å². The molecule has 1 aliphatic heterocycles. The minimum atomic E-state index is 0.251. The van der Waals surface area contributed by atoms with Crippen LogP contribution >= 0.6 is 23.8 Å². The van der Waals surface area contributed by atoms with Crippen LogP contribution in [0.4, 0.5) is 5.13 Å². The second-order valence-electron chi connectivity index (χ2n) is 4.45. The van der Waals surface area contributed by atoms with Crippen molar-refractivity contribution in [2.24, 2.45) is 5.73 Å². The van der Waals surface area contributed by atoms with Gasteiger partial charge in [-0.1, -0.05) is 25.6 Å². The molecule has 100 valence electrons. The summed E-state index contributed by atoms with van der Waals surface area (Å²) in [6, 6.07) is 0.251. The fourth-order valence-electron chi connectivity index (χ4n) is 2.31. The van der Waals surface area contributed by atoms with Gasteiger partial charge in [0.25, 0.3) is 0 Å². The lowest BCUT2D eigenvalue weighted by molar-refractivity contribution is 0.219. The minimum absolute atomic E-state index is 0.251. The van der Waals surface area contributed by atoms with E-state index in [1.54, 1.807) is 6.33 Å². The van der Waals surface area contributed by atoms with E-state index in [9.17, 15) is 0 Å². The Bertz CT molecular complexity index is 373. The minimum Gasteiger partial charge on any atom is -0.392 e. The molecule has 1 atom stereocenters. The van der Waals surface area contributed by atoms with E-state index in [0.29, 0.717) is 4.99 Å². The zero-order chi connectivity index (χ0) is 13.0. The van der Waals surface area contributed by atoms with E-state index in [-0.39, 0.29) is 6.04 Å². The van der Waals surface area contributed by atoms with Crippen molar-refractivity contribution in [3.05, 3.63) is 6.33 Å². The van der Waals surface area contributed by atoms with Crippen molar-refractivity contribution in [2.75, 3.05) is 31.1 Å². The highest BCUT2D eigenvalue weighted by Gasteiger charge is 2.25. The van der Waals surface area contributed by atoms with Crippen molar-refractivity contribution in [3.63, 3.8) is 0 Å². The van der Waals surface area contributed by atoms with E-state index in [0.717, 1.165) is 44.2 Å². The summed E-state index contributed by atoms with van der Waals surface area (Å²) in [6.07, 6.45) is 3.77. The van der Waals surface area contributed by atoms with Gasteiger partial charge in [0.05, 0.1) is 11.0 Å². The Balaban J connectivity index is 1.91. The number of anilines is 1. The van der Waals surface area contributed by atoms with Crippen LogP contribution < -0.4 is 10.6 Å². The Labute approximate surface area is 117 Å². The van der Waals surface area contributed by atoms with E-state index in [2.05, 4.69) is 26.1 Å². The van der Waals surface area contributed by atoms with Crippen molar-refractivity contribution >= 4 is 33.9 Å². The molecular weight excluding hydrogens is 266 g/mol. The summed E-state index contributed by atoms with van der Waals surface area (Å²) in [5, 5.41) is 1.01. The van der Waals surface area contributed by atoms with Crippen LogP contribution in [0.25, 0.3) is 0 Å². The molecule has 2 rings (SSSR count). The van der Waals surface area contributed by atoms with Crippen molar-refractivity contribution < 1.29 is 0 Å². The average molecular weight is 285 g/mol. The first kappa shape index (κ1) is 13.6.